The maximum Gasteiger partial charge on any atom is 0.211 e. The highest BCUT2D eigenvalue weighted by molar-refractivity contribution is 5.52. The lowest BCUT2D eigenvalue weighted by Crippen LogP contribution is -2.17. The van der Waals surface area contributed by atoms with E-state index in [1.54, 1.807) is 11.8 Å². The number of imidazole rings is 1. The Balaban J connectivity index is 2.01. The van der Waals surface area contributed by atoms with Crippen molar-refractivity contribution in [2.24, 2.45) is 12.8 Å². The Morgan fingerprint density at radius 2 is 2.39 bits per heavy atom. The second kappa shape index (κ2) is 4.13. The van der Waals surface area contributed by atoms with Crippen molar-refractivity contribution < 1.29 is 4.74 Å². The predicted molar refractivity (Wildman–Crippen MR) is 67.2 cm³/mol. The fourth-order valence-corrected chi connectivity index (χ4v) is 2.43. The van der Waals surface area contributed by atoms with E-state index in [0.717, 1.165) is 42.2 Å². The number of nitrogens with zero attached hydrogens (tertiary/aromatic N) is 3. The predicted octanol–water partition coefficient (Wildman–Crippen LogP) is 1.15. The van der Waals surface area contributed by atoms with Crippen LogP contribution in [-0.4, -0.2) is 26.9 Å². The summed E-state index contributed by atoms with van der Waals surface area (Å²) in [6.07, 6.45) is 3.13. The van der Waals surface area contributed by atoms with Crippen LogP contribution in [0.4, 0.5) is 0 Å². The standard InChI is InChI=1S/C12H17N5O/c1-17-10(18-2)6-9(16-17)12-14-8-5-3-4-7(13)11(8)15-12/h6-7H,3-5,13H2,1-2H3,(H,14,15). The normalized spacial score (nSPS) is 18.7. The molecule has 0 aliphatic heterocycles. The minimum absolute atomic E-state index is 0.0457. The third-order valence-corrected chi connectivity index (χ3v) is 3.39. The molecule has 0 fully saturated rings. The number of nitrogens with two attached hydrogens (primary N) is 1. The number of ether oxygens (including phenoxy) is 1. The summed E-state index contributed by atoms with van der Waals surface area (Å²) in [5.41, 5.74) is 8.99. The van der Waals surface area contributed by atoms with Crippen LogP contribution in [0.25, 0.3) is 11.5 Å². The number of aromatic nitrogens is 4. The van der Waals surface area contributed by atoms with Crippen LogP contribution in [0.1, 0.15) is 30.3 Å². The number of rotatable bonds is 2. The van der Waals surface area contributed by atoms with Gasteiger partial charge in [-0.05, 0) is 19.3 Å². The largest absolute Gasteiger partial charge is 0.481 e. The molecule has 0 saturated heterocycles. The van der Waals surface area contributed by atoms with Gasteiger partial charge in [0.15, 0.2) is 5.82 Å². The average Bonchev–Trinajstić information content (AvgIpc) is 2.93. The molecule has 0 saturated carbocycles. The van der Waals surface area contributed by atoms with Crippen LogP contribution < -0.4 is 10.5 Å². The third kappa shape index (κ3) is 1.69. The molecule has 96 valence electrons. The van der Waals surface area contributed by atoms with E-state index >= 15 is 0 Å². The second-order valence-corrected chi connectivity index (χ2v) is 4.64. The fourth-order valence-electron chi connectivity index (χ4n) is 2.43. The van der Waals surface area contributed by atoms with Crippen LogP contribution in [-0.2, 0) is 13.5 Å². The van der Waals surface area contributed by atoms with Gasteiger partial charge in [-0.3, -0.25) is 0 Å². The first kappa shape index (κ1) is 11.3. The van der Waals surface area contributed by atoms with Crippen molar-refractivity contribution in [1.82, 2.24) is 19.7 Å². The molecule has 2 aromatic rings. The van der Waals surface area contributed by atoms with E-state index in [0.29, 0.717) is 5.88 Å². The molecule has 0 spiro atoms. The Morgan fingerprint density at radius 3 is 3.06 bits per heavy atom. The molecule has 1 aliphatic carbocycles. The molecule has 1 unspecified atom stereocenters. The molecule has 2 heterocycles. The van der Waals surface area contributed by atoms with Gasteiger partial charge in [-0.1, -0.05) is 0 Å². The molecule has 6 heteroatoms. The van der Waals surface area contributed by atoms with Gasteiger partial charge in [-0.2, -0.15) is 5.10 Å². The van der Waals surface area contributed by atoms with Crippen molar-refractivity contribution >= 4 is 0 Å². The van der Waals surface area contributed by atoms with Crippen molar-refractivity contribution in [2.45, 2.75) is 25.3 Å². The fraction of sp³-hybridized carbons (Fsp3) is 0.500. The summed E-state index contributed by atoms with van der Waals surface area (Å²) in [5.74, 6) is 1.49. The number of aromatic amines is 1. The zero-order valence-electron chi connectivity index (χ0n) is 10.6. The molecular weight excluding hydrogens is 230 g/mol. The molecular formula is C12H17N5O. The Bertz CT molecular complexity index is 571. The number of methoxy groups -OCH3 is 1. The number of fused-ring (bicyclic) bond motifs is 1. The van der Waals surface area contributed by atoms with E-state index in [2.05, 4.69) is 15.1 Å². The number of hydrogen-bond donors (Lipinski definition) is 2. The quantitative estimate of drug-likeness (QED) is 0.834. The minimum atomic E-state index is 0.0457. The summed E-state index contributed by atoms with van der Waals surface area (Å²) in [6.45, 7) is 0. The van der Waals surface area contributed by atoms with Gasteiger partial charge in [0.05, 0.1) is 12.8 Å². The van der Waals surface area contributed by atoms with Gasteiger partial charge in [-0.15, -0.1) is 0 Å². The molecule has 3 rings (SSSR count). The van der Waals surface area contributed by atoms with Crippen LogP contribution in [0.5, 0.6) is 5.88 Å². The highest BCUT2D eigenvalue weighted by atomic mass is 16.5. The molecule has 3 N–H and O–H groups in total. The van der Waals surface area contributed by atoms with Crippen LogP contribution in [0, 0.1) is 0 Å². The summed E-state index contributed by atoms with van der Waals surface area (Å²) in [4.78, 5) is 7.90. The average molecular weight is 247 g/mol. The SMILES string of the molecule is COc1cc(-c2nc3c([nH]2)CCCC3N)nn1C. The first-order valence-corrected chi connectivity index (χ1v) is 6.12. The Morgan fingerprint density at radius 1 is 1.56 bits per heavy atom. The molecule has 6 nitrogen and oxygen atoms in total. The first-order valence-electron chi connectivity index (χ1n) is 6.12. The molecule has 0 bridgehead atoms. The maximum atomic E-state index is 6.07. The van der Waals surface area contributed by atoms with E-state index in [-0.39, 0.29) is 6.04 Å². The van der Waals surface area contributed by atoms with E-state index in [9.17, 15) is 0 Å². The van der Waals surface area contributed by atoms with E-state index in [4.69, 9.17) is 10.5 Å². The summed E-state index contributed by atoms with van der Waals surface area (Å²) in [6, 6.07) is 1.92. The molecule has 1 atom stereocenters. The molecule has 1 aliphatic rings. The highest BCUT2D eigenvalue weighted by Crippen LogP contribution is 2.29. The Labute approximate surface area is 105 Å². The number of H-pyrrole nitrogens is 1. The first-order chi connectivity index (χ1) is 8.69. The van der Waals surface area contributed by atoms with Gasteiger partial charge in [0.2, 0.25) is 5.88 Å². The van der Waals surface area contributed by atoms with Crippen LogP contribution in [0.2, 0.25) is 0 Å². The van der Waals surface area contributed by atoms with Crippen molar-refractivity contribution in [3.63, 3.8) is 0 Å². The van der Waals surface area contributed by atoms with Crippen LogP contribution >= 0.6 is 0 Å². The van der Waals surface area contributed by atoms with E-state index in [1.807, 2.05) is 13.1 Å². The van der Waals surface area contributed by atoms with E-state index in [1.165, 1.54) is 0 Å². The molecule has 0 amide bonds. The zero-order valence-corrected chi connectivity index (χ0v) is 10.6. The lowest BCUT2D eigenvalue weighted by Gasteiger charge is -2.15. The van der Waals surface area contributed by atoms with Crippen LogP contribution in [0.3, 0.4) is 0 Å². The lowest BCUT2D eigenvalue weighted by molar-refractivity contribution is 0.373. The maximum absolute atomic E-state index is 6.07. The minimum Gasteiger partial charge on any atom is -0.481 e. The van der Waals surface area contributed by atoms with Gasteiger partial charge in [0.1, 0.15) is 5.69 Å². The lowest BCUT2D eigenvalue weighted by atomic mass is 9.97. The Hall–Kier alpha value is -1.82. The third-order valence-electron chi connectivity index (χ3n) is 3.39. The second-order valence-electron chi connectivity index (χ2n) is 4.64. The van der Waals surface area contributed by atoms with Gasteiger partial charge >= 0.3 is 0 Å². The van der Waals surface area contributed by atoms with Crippen LogP contribution in [0.15, 0.2) is 6.07 Å². The van der Waals surface area contributed by atoms with Gasteiger partial charge < -0.3 is 15.5 Å². The zero-order chi connectivity index (χ0) is 12.7. The van der Waals surface area contributed by atoms with Gasteiger partial charge in [-0.25, -0.2) is 9.67 Å². The summed E-state index contributed by atoms with van der Waals surface area (Å²) >= 11 is 0. The van der Waals surface area contributed by atoms with Crippen molar-refractivity contribution in [3.05, 3.63) is 17.5 Å². The van der Waals surface area contributed by atoms with E-state index < -0.39 is 0 Å². The highest BCUT2D eigenvalue weighted by Gasteiger charge is 2.22. The smallest absolute Gasteiger partial charge is 0.211 e. The summed E-state index contributed by atoms with van der Waals surface area (Å²) in [5, 5.41) is 4.38. The Kier molecular flexibility index (Phi) is 2.59. The molecule has 2 aromatic heterocycles. The van der Waals surface area contributed by atoms with Crippen molar-refractivity contribution in [3.8, 4) is 17.4 Å². The van der Waals surface area contributed by atoms with Gasteiger partial charge in [0, 0.05) is 24.8 Å². The monoisotopic (exact) mass is 247 g/mol. The molecule has 0 radical (unpaired) electrons. The topological polar surface area (TPSA) is 81.8 Å². The molecule has 18 heavy (non-hydrogen) atoms. The summed E-state index contributed by atoms with van der Waals surface area (Å²) < 4.78 is 6.90. The number of aryl methyl sites for hydroxylation is 2. The van der Waals surface area contributed by atoms with Gasteiger partial charge in [0.25, 0.3) is 0 Å². The number of hydrogen-bond acceptors (Lipinski definition) is 4. The van der Waals surface area contributed by atoms with Crippen molar-refractivity contribution in [1.29, 1.82) is 0 Å². The summed E-state index contributed by atoms with van der Waals surface area (Å²) in [7, 11) is 3.47. The van der Waals surface area contributed by atoms with Crippen molar-refractivity contribution in [2.75, 3.05) is 7.11 Å². The number of nitrogens with one attached hydrogen (secondary N) is 1. The molecule has 0 aromatic carbocycles.